The maximum Gasteiger partial charge on any atom is 0.182 e. The molecule has 77 valence electrons. The van der Waals surface area contributed by atoms with Crippen molar-refractivity contribution in [2.45, 2.75) is 18.3 Å². The minimum atomic E-state index is -1.73. The molecule has 0 saturated heterocycles. The van der Waals surface area contributed by atoms with Gasteiger partial charge >= 0.3 is 0 Å². The molecule has 0 aliphatic rings. The summed E-state index contributed by atoms with van der Waals surface area (Å²) in [6, 6.07) is 0. The van der Waals surface area contributed by atoms with Crippen molar-refractivity contribution in [2.24, 2.45) is 0 Å². The molecule has 0 spiro atoms. The number of Topliss-reactive ketones (excluding diaryl/α,β-unsaturated/α-hetero) is 1. The topological polar surface area (TPSA) is 110 Å². The van der Waals surface area contributed by atoms with Crippen LogP contribution in [-0.4, -0.2) is 58.2 Å². The lowest BCUT2D eigenvalue weighted by Crippen LogP contribution is -2.44. The largest absolute Gasteiger partial charge is 0.394 e. The van der Waals surface area contributed by atoms with Crippen LogP contribution >= 0.6 is 0 Å². The van der Waals surface area contributed by atoms with Crippen LogP contribution in [0.25, 0.3) is 0 Å². The first-order valence-electron chi connectivity index (χ1n) is 3.74. The Bertz CT molecular complexity index is 163. The van der Waals surface area contributed by atoms with Crippen LogP contribution in [0.3, 0.4) is 0 Å². The van der Waals surface area contributed by atoms with E-state index in [9.17, 15) is 4.79 Å². The third-order valence-corrected chi connectivity index (χ3v) is 1.48. The zero-order valence-corrected chi connectivity index (χ0v) is 7.21. The molecule has 0 aliphatic carbocycles. The highest BCUT2D eigenvalue weighted by atomic mass is 16.4. The Balaban J connectivity index is 4.07. The van der Waals surface area contributed by atoms with Gasteiger partial charge in [-0.1, -0.05) is 0 Å². The van der Waals surface area contributed by atoms with Crippen LogP contribution in [0.2, 0.25) is 0 Å². The summed E-state index contributed by atoms with van der Waals surface area (Å²) in [6.07, 6.45) is -4.93. The van der Waals surface area contributed by atoms with E-state index in [1.807, 2.05) is 0 Å². The quantitative estimate of drug-likeness (QED) is 0.307. The average molecular weight is 192 g/mol. The van der Waals surface area contributed by atoms with Crippen molar-refractivity contribution in [3.63, 3.8) is 0 Å². The summed E-state index contributed by atoms with van der Waals surface area (Å²) < 4.78 is 0. The second-order valence-corrected chi connectivity index (χ2v) is 2.52. The molecular formula is C7H14NO5. The van der Waals surface area contributed by atoms with Crippen molar-refractivity contribution in [1.82, 2.24) is 5.32 Å². The number of carbonyl (C=O) groups excluding carboxylic acids is 1. The van der Waals surface area contributed by atoms with Gasteiger partial charge in [-0.3, -0.25) is 4.79 Å². The second-order valence-electron chi connectivity index (χ2n) is 2.52. The fourth-order valence-corrected chi connectivity index (χ4v) is 0.714. The zero-order valence-electron chi connectivity index (χ0n) is 7.21. The summed E-state index contributed by atoms with van der Waals surface area (Å²) in [4.78, 5) is 10.9. The summed E-state index contributed by atoms with van der Waals surface area (Å²) in [5.74, 6) is -0.762. The molecule has 0 saturated carbocycles. The van der Waals surface area contributed by atoms with Crippen molar-refractivity contribution >= 4 is 5.78 Å². The van der Waals surface area contributed by atoms with E-state index in [1.54, 1.807) is 0 Å². The van der Waals surface area contributed by atoms with Gasteiger partial charge in [0.2, 0.25) is 0 Å². The van der Waals surface area contributed by atoms with Gasteiger partial charge in [0.1, 0.15) is 18.3 Å². The SMILES string of the molecule is CN[CH]C(=O)C(O)C(O)C(O)CO. The Morgan fingerprint density at radius 2 is 2.00 bits per heavy atom. The molecule has 0 amide bonds. The smallest absolute Gasteiger partial charge is 0.182 e. The minimum absolute atomic E-state index is 0.717. The first kappa shape index (κ1) is 12.5. The summed E-state index contributed by atoms with van der Waals surface area (Å²) in [7, 11) is 1.46. The van der Waals surface area contributed by atoms with Gasteiger partial charge < -0.3 is 25.7 Å². The number of rotatable bonds is 6. The standard InChI is InChI=1S/C7H14NO5/c1-8-2-4(10)6(12)7(13)5(11)3-9/h2,5-9,11-13H,3H2,1H3. The average Bonchev–Trinajstić information content (AvgIpc) is 2.14. The monoisotopic (exact) mass is 192 g/mol. The summed E-state index contributed by atoms with van der Waals surface area (Å²) >= 11 is 0. The Morgan fingerprint density at radius 1 is 1.46 bits per heavy atom. The molecule has 0 heterocycles. The number of hydrogen-bond acceptors (Lipinski definition) is 6. The molecule has 0 aromatic rings. The van der Waals surface area contributed by atoms with Crippen LogP contribution in [0.15, 0.2) is 0 Å². The summed E-state index contributed by atoms with van der Waals surface area (Å²) in [5.41, 5.74) is 0. The molecule has 0 aliphatic heterocycles. The molecule has 5 N–H and O–H groups in total. The van der Waals surface area contributed by atoms with E-state index in [1.165, 1.54) is 7.05 Å². The number of aliphatic hydroxyl groups excluding tert-OH is 4. The Labute approximate surface area is 75.8 Å². The zero-order chi connectivity index (χ0) is 10.4. The lowest BCUT2D eigenvalue weighted by Gasteiger charge is -2.19. The van der Waals surface area contributed by atoms with Crippen molar-refractivity contribution < 1.29 is 25.2 Å². The van der Waals surface area contributed by atoms with Crippen molar-refractivity contribution in [3.8, 4) is 0 Å². The number of likely N-dealkylation sites (N-methyl/N-ethyl adjacent to an activating group) is 1. The number of ketones is 1. The van der Waals surface area contributed by atoms with Crippen LogP contribution < -0.4 is 5.32 Å². The van der Waals surface area contributed by atoms with Gasteiger partial charge in [0.05, 0.1) is 13.2 Å². The molecule has 6 heteroatoms. The number of aliphatic hydroxyl groups is 4. The third kappa shape index (κ3) is 3.79. The number of hydrogen-bond donors (Lipinski definition) is 5. The van der Waals surface area contributed by atoms with Gasteiger partial charge in [-0.15, -0.1) is 0 Å². The third-order valence-electron chi connectivity index (χ3n) is 1.48. The lowest BCUT2D eigenvalue weighted by atomic mass is 10.0. The predicted molar refractivity (Wildman–Crippen MR) is 43.5 cm³/mol. The Hall–Kier alpha value is -0.530. The first-order valence-corrected chi connectivity index (χ1v) is 3.74. The van der Waals surface area contributed by atoms with Gasteiger partial charge in [-0.2, -0.15) is 0 Å². The van der Waals surface area contributed by atoms with Gasteiger partial charge in [-0.25, -0.2) is 0 Å². The highest BCUT2D eigenvalue weighted by molar-refractivity contribution is 5.90. The van der Waals surface area contributed by atoms with E-state index in [2.05, 4.69) is 5.32 Å². The highest BCUT2D eigenvalue weighted by Crippen LogP contribution is 2.01. The summed E-state index contributed by atoms with van der Waals surface area (Å²) in [5, 5.41) is 37.8. The number of carbonyl (C=O) groups is 1. The molecule has 6 nitrogen and oxygen atoms in total. The van der Waals surface area contributed by atoms with E-state index >= 15 is 0 Å². The molecule has 0 aromatic carbocycles. The molecule has 0 fully saturated rings. The molecule has 0 bridgehead atoms. The van der Waals surface area contributed by atoms with Crippen LogP contribution in [-0.2, 0) is 4.79 Å². The molecule has 0 aromatic heterocycles. The molecule has 3 unspecified atom stereocenters. The lowest BCUT2D eigenvalue weighted by molar-refractivity contribution is -0.137. The fourth-order valence-electron chi connectivity index (χ4n) is 0.714. The minimum Gasteiger partial charge on any atom is -0.394 e. The van der Waals surface area contributed by atoms with Crippen molar-refractivity contribution in [2.75, 3.05) is 13.7 Å². The van der Waals surface area contributed by atoms with Crippen LogP contribution in [0.5, 0.6) is 0 Å². The van der Waals surface area contributed by atoms with Crippen LogP contribution in [0.4, 0.5) is 0 Å². The van der Waals surface area contributed by atoms with Crippen molar-refractivity contribution in [1.29, 1.82) is 0 Å². The van der Waals surface area contributed by atoms with E-state index < -0.39 is 30.7 Å². The molecule has 13 heavy (non-hydrogen) atoms. The van der Waals surface area contributed by atoms with E-state index in [-0.39, 0.29) is 0 Å². The van der Waals surface area contributed by atoms with Gasteiger partial charge in [0, 0.05) is 0 Å². The van der Waals surface area contributed by atoms with E-state index in [0.29, 0.717) is 0 Å². The maximum atomic E-state index is 10.9. The molecule has 0 rings (SSSR count). The van der Waals surface area contributed by atoms with Crippen molar-refractivity contribution in [3.05, 3.63) is 6.54 Å². The Kier molecular flexibility index (Phi) is 5.76. The Morgan fingerprint density at radius 3 is 2.38 bits per heavy atom. The molecule has 3 atom stereocenters. The highest BCUT2D eigenvalue weighted by Gasteiger charge is 2.29. The normalized spacial score (nSPS) is 17.9. The van der Waals surface area contributed by atoms with Gasteiger partial charge in [0.15, 0.2) is 5.78 Å². The van der Waals surface area contributed by atoms with Crippen LogP contribution in [0, 0.1) is 6.54 Å². The molecule has 1 radical (unpaired) electrons. The molecular weight excluding hydrogens is 178 g/mol. The summed E-state index contributed by atoms with van der Waals surface area (Å²) in [6.45, 7) is 0.239. The first-order chi connectivity index (χ1) is 6.04. The second kappa shape index (κ2) is 6.01. The van der Waals surface area contributed by atoms with Gasteiger partial charge in [-0.05, 0) is 7.05 Å². The fraction of sp³-hybridized carbons (Fsp3) is 0.714. The maximum absolute atomic E-state index is 10.9. The van der Waals surface area contributed by atoms with Crippen LogP contribution in [0.1, 0.15) is 0 Å². The van der Waals surface area contributed by atoms with E-state index in [0.717, 1.165) is 6.54 Å². The van der Waals surface area contributed by atoms with Gasteiger partial charge in [0.25, 0.3) is 0 Å². The predicted octanol–water partition coefficient (Wildman–Crippen LogP) is -2.99. The number of nitrogens with one attached hydrogen (secondary N) is 1. The van der Waals surface area contributed by atoms with E-state index in [4.69, 9.17) is 20.4 Å².